The van der Waals surface area contributed by atoms with Crippen LogP contribution < -0.4 is 10.6 Å². The maximum absolute atomic E-state index is 13.3. The van der Waals surface area contributed by atoms with Crippen LogP contribution in [0.2, 0.25) is 0 Å². The molecule has 28 heavy (non-hydrogen) atoms. The second kappa shape index (κ2) is 8.57. The first-order valence-electron chi connectivity index (χ1n) is 9.92. The van der Waals surface area contributed by atoms with Crippen LogP contribution in [0.3, 0.4) is 0 Å². The predicted molar refractivity (Wildman–Crippen MR) is 122 cm³/mol. The van der Waals surface area contributed by atoms with E-state index in [0.29, 0.717) is 24.6 Å². The lowest BCUT2D eigenvalue weighted by atomic mass is 9.57. The van der Waals surface area contributed by atoms with Crippen molar-refractivity contribution in [2.24, 2.45) is 16.3 Å². The van der Waals surface area contributed by atoms with Gasteiger partial charge in [-0.05, 0) is 43.5 Å². The second-order valence-electron chi connectivity index (χ2n) is 8.20. The van der Waals surface area contributed by atoms with E-state index in [1.807, 2.05) is 12.3 Å². The zero-order chi connectivity index (χ0) is 19.0. The molecule has 1 aliphatic heterocycles. The first-order valence-corrected chi connectivity index (χ1v) is 9.92. The van der Waals surface area contributed by atoms with Gasteiger partial charge in [0.1, 0.15) is 5.82 Å². The fourth-order valence-corrected chi connectivity index (χ4v) is 4.74. The van der Waals surface area contributed by atoms with Gasteiger partial charge in [-0.3, -0.25) is 4.99 Å². The number of ether oxygens (including phenoxy) is 1. The number of hydrogen-bond donors (Lipinski definition) is 3. The molecule has 1 aromatic heterocycles. The van der Waals surface area contributed by atoms with Crippen molar-refractivity contribution in [3.05, 3.63) is 35.8 Å². The number of nitrogens with one attached hydrogen (secondary N) is 3. The van der Waals surface area contributed by atoms with Crippen molar-refractivity contribution < 1.29 is 9.13 Å². The Morgan fingerprint density at radius 3 is 3.00 bits per heavy atom. The molecule has 7 heteroatoms. The number of aromatic nitrogens is 1. The van der Waals surface area contributed by atoms with Crippen LogP contribution in [0, 0.1) is 17.2 Å². The van der Waals surface area contributed by atoms with Gasteiger partial charge in [0.05, 0.1) is 6.10 Å². The smallest absolute Gasteiger partial charge is 0.191 e. The molecule has 3 unspecified atom stereocenters. The van der Waals surface area contributed by atoms with Crippen molar-refractivity contribution in [3.63, 3.8) is 0 Å². The molecule has 4 rings (SSSR count). The number of aliphatic imine (C=N–C) groups is 1. The van der Waals surface area contributed by atoms with Crippen LogP contribution in [0.5, 0.6) is 0 Å². The molecule has 2 aliphatic rings. The Bertz CT molecular complexity index is 850. The Morgan fingerprint density at radius 1 is 1.39 bits per heavy atom. The molecular formula is C21H30FIN4O. The molecule has 3 N–H and O–H groups in total. The minimum Gasteiger partial charge on any atom is -0.377 e. The van der Waals surface area contributed by atoms with Crippen LogP contribution in [0.1, 0.15) is 32.8 Å². The van der Waals surface area contributed by atoms with Gasteiger partial charge in [0.25, 0.3) is 0 Å². The van der Waals surface area contributed by atoms with Gasteiger partial charge in [0.15, 0.2) is 5.96 Å². The zero-order valence-electron chi connectivity index (χ0n) is 16.7. The summed E-state index contributed by atoms with van der Waals surface area (Å²) in [5.74, 6) is 1.23. The van der Waals surface area contributed by atoms with Gasteiger partial charge < -0.3 is 20.4 Å². The normalized spacial score (nSPS) is 25.7. The maximum Gasteiger partial charge on any atom is 0.191 e. The summed E-state index contributed by atoms with van der Waals surface area (Å²) in [4.78, 5) is 7.93. The van der Waals surface area contributed by atoms with Gasteiger partial charge >= 0.3 is 0 Å². The summed E-state index contributed by atoms with van der Waals surface area (Å²) in [6, 6.07) is 5.26. The second-order valence-corrected chi connectivity index (χ2v) is 8.20. The van der Waals surface area contributed by atoms with Crippen LogP contribution >= 0.6 is 24.0 Å². The lowest BCUT2D eigenvalue weighted by Crippen LogP contribution is -2.68. The van der Waals surface area contributed by atoms with Crippen molar-refractivity contribution >= 4 is 40.8 Å². The highest BCUT2D eigenvalue weighted by Crippen LogP contribution is 2.52. The first-order chi connectivity index (χ1) is 13.0. The number of aromatic amines is 1. The SMILES string of the molecule is CCNC(=NCCc1c[nH]c2cc(F)ccc12)NC1C2CCOC2C1(C)C.I. The van der Waals surface area contributed by atoms with Gasteiger partial charge in [0, 0.05) is 54.2 Å². The molecule has 5 nitrogen and oxygen atoms in total. The van der Waals surface area contributed by atoms with E-state index in [-0.39, 0.29) is 35.2 Å². The average molecular weight is 500 g/mol. The van der Waals surface area contributed by atoms with Crippen molar-refractivity contribution in [2.75, 3.05) is 19.7 Å². The van der Waals surface area contributed by atoms with Crippen molar-refractivity contribution in [3.8, 4) is 0 Å². The number of rotatable bonds is 5. The summed E-state index contributed by atoms with van der Waals surface area (Å²) >= 11 is 0. The maximum atomic E-state index is 13.3. The van der Waals surface area contributed by atoms with Gasteiger partial charge in [0.2, 0.25) is 0 Å². The molecule has 1 aromatic carbocycles. The van der Waals surface area contributed by atoms with E-state index in [0.717, 1.165) is 48.4 Å². The molecule has 0 radical (unpaired) electrons. The highest BCUT2D eigenvalue weighted by atomic mass is 127. The largest absolute Gasteiger partial charge is 0.377 e. The predicted octanol–water partition coefficient (Wildman–Crippen LogP) is 3.84. The molecule has 0 bridgehead atoms. The molecule has 0 amide bonds. The van der Waals surface area contributed by atoms with Crippen molar-refractivity contribution in [2.45, 2.75) is 45.8 Å². The Labute approximate surface area is 182 Å². The first kappa shape index (κ1) is 21.4. The van der Waals surface area contributed by atoms with E-state index in [1.54, 1.807) is 0 Å². The third-order valence-electron chi connectivity index (χ3n) is 6.12. The quantitative estimate of drug-likeness (QED) is 0.332. The number of fused-ring (bicyclic) bond motifs is 2. The molecule has 2 fully saturated rings. The third kappa shape index (κ3) is 3.87. The Kier molecular flexibility index (Phi) is 6.54. The summed E-state index contributed by atoms with van der Waals surface area (Å²) in [5.41, 5.74) is 2.12. The van der Waals surface area contributed by atoms with Gasteiger partial charge in [-0.15, -0.1) is 24.0 Å². The number of halogens is 2. The summed E-state index contributed by atoms with van der Waals surface area (Å²) in [5, 5.41) is 8.07. The molecule has 1 aliphatic carbocycles. The molecular weight excluding hydrogens is 470 g/mol. The van der Waals surface area contributed by atoms with E-state index in [2.05, 4.69) is 36.4 Å². The highest BCUT2D eigenvalue weighted by molar-refractivity contribution is 14.0. The number of nitrogens with zero attached hydrogens (tertiary/aromatic N) is 1. The van der Waals surface area contributed by atoms with Crippen LogP contribution in [-0.2, 0) is 11.2 Å². The van der Waals surface area contributed by atoms with Crippen LogP contribution in [0.4, 0.5) is 4.39 Å². The van der Waals surface area contributed by atoms with Gasteiger partial charge in [-0.1, -0.05) is 13.8 Å². The Morgan fingerprint density at radius 2 is 2.21 bits per heavy atom. The summed E-state index contributed by atoms with van der Waals surface area (Å²) < 4.78 is 19.2. The Balaban J connectivity index is 0.00000225. The lowest BCUT2D eigenvalue weighted by Gasteiger charge is -2.54. The summed E-state index contributed by atoms with van der Waals surface area (Å²) in [6.07, 6.45) is 4.25. The average Bonchev–Trinajstić information content (AvgIpc) is 3.25. The number of guanidine groups is 1. The van der Waals surface area contributed by atoms with Gasteiger partial charge in [-0.2, -0.15) is 0 Å². The minimum absolute atomic E-state index is 0. The van der Waals surface area contributed by atoms with Gasteiger partial charge in [-0.25, -0.2) is 4.39 Å². The molecule has 2 heterocycles. The van der Waals surface area contributed by atoms with E-state index in [9.17, 15) is 4.39 Å². The van der Waals surface area contributed by atoms with Crippen LogP contribution in [0.25, 0.3) is 10.9 Å². The molecule has 1 saturated carbocycles. The fourth-order valence-electron chi connectivity index (χ4n) is 4.74. The molecule has 0 spiro atoms. The molecule has 1 saturated heterocycles. The molecule has 3 atom stereocenters. The minimum atomic E-state index is -0.218. The zero-order valence-corrected chi connectivity index (χ0v) is 19.0. The highest BCUT2D eigenvalue weighted by Gasteiger charge is 2.59. The third-order valence-corrected chi connectivity index (χ3v) is 6.12. The monoisotopic (exact) mass is 500 g/mol. The number of benzene rings is 1. The van der Waals surface area contributed by atoms with Crippen molar-refractivity contribution in [1.29, 1.82) is 0 Å². The van der Waals surface area contributed by atoms with Crippen LogP contribution in [-0.4, -0.2) is 42.8 Å². The van der Waals surface area contributed by atoms with E-state index in [4.69, 9.17) is 9.73 Å². The van der Waals surface area contributed by atoms with E-state index < -0.39 is 0 Å². The Hall–Kier alpha value is -1.35. The molecule has 2 aromatic rings. The lowest BCUT2D eigenvalue weighted by molar-refractivity contribution is -0.106. The fraction of sp³-hybridized carbons (Fsp3) is 0.571. The molecule has 154 valence electrons. The van der Waals surface area contributed by atoms with Crippen LogP contribution in [0.15, 0.2) is 29.4 Å². The van der Waals surface area contributed by atoms with E-state index in [1.165, 1.54) is 12.1 Å². The summed E-state index contributed by atoms with van der Waals surface area (Å²) in [7, 11) is 0. The standard InChI is InChI=1S/C21H29FN4O.HI/c1-4-23-20(26-18-16-8-10-27-19(16)21(18,2)3)24-9-7-13-12-25-17-11-14(22)5-6-15(13)17;/h5-6,11-12,16,18-19,25H,4,7-10H2,1-3H3,(H2,23,24,26);1H. The topological polar surface area (TPSA) is 61.4 Å². The number of hydrogen-bond acceptors (Lipinski definition) is 2. The van der Waals surface area contributed by atoms with E-state index >= 15 is 0 Å². The number of H-pyrrole nitrogens is 1. The summed E-state index contributed by atoms with van der Waals surface area (Å²) in [6.45, 7) is 9.00. The van der Waals surface area contributed by atoms with Crippen molar-refractivity contribution in [1.82, 2.24) is 15.6 Å².